The van der Waals surface area contributed by atoms with Crippen LogP contribution in [0.15, 0.2) is 36.4 Å². The highest BCUT2D eigenvalue weighted by atomic mass is 14.2. The molecule has 0 aliphatic heterocycles. The first-order valence-corrected chi connectivity index (χ1v) is 4.70. The highest BCUT2D eigenvalue weighted by Gasteiger charge is 2.17. The lowest BCUT2D eigenvalue weighted by Gasteiger charge is -2.07. The Balaban J connectivity index is 0.000000980. The molecule has 0 amide bonds. The molecular formula is C13H16. The molecule has 68 valence electrons. The second-order valence-electron chi connectivity index (χ2n) is 3.82. The fraction of sp³-hybridized carbons (Fsp3) is 0.231. The molecule has 0 fully saturated rings. The van der Waals surface area contributed by atoms with E-state index in [-0.39, 0.29) is 1.43 Å². The Morgan fingerprint density at radius 1 is 1.23 bits per heavy atom. The summed E-state index contributed by atoms with van der Waals surface area (Å²) >= 11 is 0. The topological polar surface area (TPSA) is 0 Å². The van der Waals surface area contributed by atoms with E-state index in [9.17, 15) is 0 Å². The summed E-state index contributed by atoms with van der Waals surface area (Å²) < 4.78 is 0. The van der Waals surface area contributed by atoms with E-state index >= 15 is 0 Å². The normalized spacial score (nSPS) is 14.7. The molecule has 0 bridgehead atoms. The van der Waals surface area contributed by atoms with Crippen molar-refractivity contribution in [3.8, 4) is 0 Å². The molecular weight excluding hydrogens is 156 g/mol. The van der Waals surface area contributed by atoms with Crippen LogP contribution in [0.4, 0.5) is 0 Å². The smallest absolute Gasteiger partial charge is 0 e. The van der Waals surface area contributed by atoms with Crippen LogP contribution in [0, 0.1) is 5.92 Å². The largest absolute Gasteiger partial charge is 0.0909 e. The van der Waals surface area contributed by atoms with Crippen molar-refractivity contribution in [2.45, 2.75) is 13.8 Å². The van der Waals surface area contributed by atoms with Crippen molar-refractivity contribution < 1.29 is 1.43 Å². The van der Waals surface area contributed by atoms with E-state index in [1.165, 1.54) is 22.3 Å². The number of fused-ring (bicyclic) bond motifs is 1. The van der Waals surface area contributed by atoms with Gasteiger partial charge in [0.15, 0.2) is 0 Å². The van der Waals surface area contributed by atoms with E-state index in [0.29, 0.717) is 5.92 Å². The molecule has 0 nitrogen and oxygen atoms in total. The van der Waals surface area contributed by atoms with Gasteiger partial charge in [-0.05, 0) is 28.2 Å². The van der Waals surface area contributed by atoms with E-state index in [1.807, 2.05) is 0 Å². The molecule has 0 aromatic heterocycles. The maximum atomic E-state index is 4.13. The van der Waals surface area contributed by atoms with Gasteiger partial charge in [-0.25, -0.2) is 0 Å². The number of hydrogen-bond acceptors (Lipinski definition) is 0. The van der Waals surface area contributed by atoms with E-state index in [2.05, 4.69) is 50.8 Å². The summed E-state index contributed by atoms with van der Waals surface area (Å²) in [7, 11) is 0. The second-order valence-corrected chi connectivity index (χ2v) is 3.82. The van der Waals surface area contributed by atoms with Gasteiger partial charge in [0.25, 0.3) is 0 Å². The Morgan fingerprint density at radius 2 is 1.92 bits per heavy atom. The summed E-state index contributed by atoms with van der Waals surface area (Å²) in [6, 6.07) is 8.44. The van der Waals surface area contributed by atoms with Gasteiger partial charge in [-0.15, -0.1) is 0 Å². The molecule has 0 saturated carbocycles. The predicted molar refractivity (Wildman–Crippen MR) is 60.4 cm³/mol. The van der Waals surface area contributed by atoms with Crippen LogP contribution >= 0.6 is 0 Å². The van der Waals surface area contributed by atoms with Crippen LogP contribution < -0.4 is 0 Å². The van der Waals surface area contributed by atoms with Gasteiger partial charge in [-0.1, -0.05) is 50.8 Å². The molecule has 0 saturated heterocycles. The van der Waals surface area contributed by atoms with Crippen LogP contribution in [0.5, 0.6) is 0 Å². The lowest BCUT2D eigenvalue weighted by molar-refractivity contribution is 0.805. The zero-order valence-corrected chi connectivity index (χ0v) is 8.17. The van der Waals surface area contributed by atoms with E-state index in [0.717, 1.165) is 0 Å². The van der Waals surface area contributed by atoms with Gasteiger partial charge in [0, 0.05) is 1.43 Å². The van der Waals surface area contributed by atoms with Crippen LogP contribution in [-0.2, 0) is 0 Å². The summed E-state index contributed by atoms with van der Waals surface area (Å²) in [5, 5.41) is 0. The molecule has 1 aliphatic rings. The van der Waals surface area contributed by atoms with Gasteiger partial charge >= 0.3 is 0 Å². The van der Waals surface area contributed by atoms with Crippen molar-refractivity contribution >= 4 is 11.6 Å². The summed E-state index contributed by atoms with van der Waals surface area (Å²) in [5.41, 5.74) is 5.19. The standard InChI is InChI=1S/C13H14.H2/c1-9(2)13-8-11-6-4-5-7-12(11)10(13)3;/h4-9H,3H2,1-2H3;1H. The minimum atomic E-state index is 0. The first-order valence-electron chi connectivity index (χ1n) is 4.70. The quantitative estimate of drug-likeness (QED) is 0.600. The Bertz CT molecular complexity index is 386. The van der Waals surface area contributed by atoms with Crippen LogP contribution in [0.1, 0.15) is 26.4 Å². The van der Waals surface area contributed by atoms with Gasteiger partial charge < -0.3 is 0 Å². The summed E-state index contributed by atoms with van der Waals surface area (Å²) in [4.78, 5) is 0. The van der Waals surface area contributed by atoms with E-state index in [4.69, 9.17) is 0 Å². The molecule has 1 aromatic carbocycles. The van der Waals surface area contributed by atoms with Crippen LogP contribution in [0.25, 0.3) is 11.6 Å². The van der Waals surface area contributed by atoms with Crippen molar-refractivity contribution in [1.29, 1.82) is 0 Å². The summed E-state index contributed by atoms with van der Waals surface area (Å²) in [5.74, 6) is 0.569. The molecule has 0 unspecified atom stereocenters. The maximum Gasteiger partial charge on any atom is 0 e. The third-order valence-corrected chi connectivity index (χ3v) is 2.57. The van der Waals surface area contributed by atoms with Gasteiger partial charge in [-0.3, -0.25) is 0 Å². The minimum absolute atomic E-state index is 0. The number of benzene rings is 1. The molecule has 13 heavy (non-hydrogen) atoms. The van der Waals surface area contributed by atoms with Crippen molar-refractivity contribution in [3.63, 3.8) is 0 Å². The Hall–Kier alpha value is -1.30. The van der Waals surface area contributed by atoms with Crippen molar-refractivity contribution in [1.82, 2.24) is 0 Å². The van der Waals surface area contributed by atoms with Crippen molar-refractivity contribution in [2.75, 3.05) is 0 Å². The molecule has 0 heteroatoms. The fourth-order valence-electron chi connectivity index (χ4n) is 1.82. The number of hydrogen-bond donors (Lipinski definition) is 0. The highest BCUT2D eigenvalue weighted by molar-refractivity contribution is 5.93. The lowest BCUT2D eigenvalue weighted by atomic mass is 9.97. The predicted octanol–water partition coefficient (Wildman–Crippen LogP) is 4.00. The molecule has 0 spiro atoms. The van der Waals surface area contributed by atoms with E-state index < -0.39 is 0 Å². The molecule has 0 atom stereocenters. The lowest BCUT2D eigenvalue weighted by Crippen LogP contribution is -1.91. The maximum absolute atomic E-state index is 4.13. The molecule has 1 aliphatic carbocycles. The van der Waals surface area contributed by atoms with Crippen LogP contribution in [0.2, 0.25) is 0 Å². The van der Waals surface area contributed by atoms with Gasteiger partial charge in [0.2, 0.25) is 0 Å². The van der Waals surface area contributed by atoms with Gasteiger partial charge in [0.1, 0.15) is 0 Å². The summed E-state index contributed by atoms with van der Waals surface area (Å²) in [6.45, 7) is 8.55. The SMILES string of the molecule is C=C1C(C(C)C)=Cc2ccccc21.[HH]. The number of rotatable bonds is 1. The molecule has 2 rings (SSSR count). The van der Waals surface area contributed by atoms with Gasteiger partial charge in [0.05, 0.1) is 0 Å². The third-order valence-electron chi connectivity index (χ3n) is 2.57. The molecule has 1 aromatic rings. The Labute approximate surface area is 81.1 Å². The molecule has 0 radical (unpaired) electrons. The second kappa shape index (κ2) is 2.88. The first-order chi connectivity index (χ1) is 6.20. The minimum Gasteiger partial charge on any atom is -0.0909 e. The molecule has 0 heterocycles. The van der Waals surface area contributed by atoms with Crippen molar-refractivity contribution in [2.24, 2.45) is 5.92 Å². The van der Waals surface area contributed by atoms with Crippen molar-refractivity contribution in [3.05, 3.63) is 47.5 Å². The summed E-state index contributed by atoms with van der Waals surface area (Å²) in [6.07, 6.45) is 2.25. The zero-order chi connectivity index (χ0) is 9.42. The van der Waals surface area contributed by atoms with Crippen LogP contribution in [0.3, 0.4) is 0 Å². The fourth-order valence-corrected chi connectivity index (χ4v) is 1.82. The molecule has 0 N–H and O–H groups in total. The Kier molecular flexibility index (Phi) is 1.84. The third kappa shape index (κ3) is 1.23. The van der Waals surface area contributed by atoms with E-state index in [1.54, 1.807) is 0 Å². The van der Waals surface area contributed by atoms with Crippen LogP contribution in [-0.4, -0.2) is 0 Å². The average molecular weight is 172 g/mol. The first kappa shape index (κ1) is 8.31. The zero-order valence-electron chi connectivity index (χ0n) is 8.17. The Morgan fingerprint density at radius 3 is 2.54 bits per heavy atom. The average Bonchev–Trinajstić information content (AvgIpc) is 2.45. The number of allylic oxidation sites excluding steroid dienone is 2. The monoisotopic (exact) mass is 172 g/mol. The highest BCUT2D eigenvalue weighted by Crippen LogP contribution is 2.37. The van der Waals surface area contributed by atoms with Gasteiger partial charge in [-0.2, -0.15) is 0 Å².